The second-order valence-electron chi connectivity index (χ2n) is 4.57. The summed E-state index contributed by atoms with van der Waals surface area (Å²) in [5, 5.41) is 10.2. The molecule has 120 valence electrons. The topological polar surface area (TPSA) is 64.7 Å². The first-order chi connectivity index (χ1) is 10.3. The van der Waals surface area contributed by atoms with Crippen molar-refractivity contribution in [2.75, 3.05) is 6.54 Å². The van der Waals surface area contributed by atoms with E-state index < -0.39 is 17.8 Å². The molecule has 0 bridgehead atoms. The number of carbonyl (C=O) groups is 1. The summed E-state index contributed by atoms with van der Waals surface area (Å²) in [6, 6.07) is 0.736. The van der Waals surface area contributed by atoms with Crippen molar-refractivity contribution in [1.82, 2.24) is 24.9 Å². The monoisotopic (exact) mass is 379 g/mol. The molecule has 6 nitrogen and oxygen atoms in total. The molecule has 22 heavy (non-hydrogen) atoms. The van der Waals surface area contributed by atoms with Gasteiger partial charge in [-0.05, 0) is 22.4 Å². The van der Waals surface area contributed by atoms with Crippen LogP contribution in [-0.2, 0) is 19.8 Å². The van der Waals surface area contributed by atoms with Gasteiger partial charge in [0.05, 0.1) is 10.7 Å². The van der Waals surface area contributed by atoms with E-state index in [-0.39, 0.29) is 5.69 Å². The van der Waals surface area contributed by atoms with E-state index in [1.807, 2.05) is 0 Å². The average molecular weight is 380 g/mol. The van der Waals surface area contributed by atoms with Gasteiger partial charge in [-0.25, -0.2) is 0 Å². The van der Waals surface area contributed by atoms with E-state index >= 15 is 0 Å². The molecule has 0 unspecified atom stereocenters. The van der Waals surface area contributed by atoms with Crippen molar-refractivity contribution >= 4 is 21.8 Å². The summed E-state index contributed by atoms with van der Waals surface area (Å²) in [6.45, 7) is 0.899. The molecule has 0 aliphatic heterocycles. The summed E-state index contributed by atoms with van der Waals surface area (Å²) in [7, 11) is 1.15. The van der Waals surface area contributed by atoms with Crippen LogP contribution in [0.4, 0.5) is 13.2 Å². The number of nitrogens with one attached hydrogen (secondary N) is 1. The Kier molecular flexibility index (Phi) is 4.89. The second-order valence-corrected chi connectivity index (χ2v) is 5.48. The molecular weight excluding hydrogens is 367 g/mol. The smallest absolute Gasteiger partial charge is 0.351 e. The maximum Gasteiger partial charge on any atom is 0.433 e. The predicted octanol–water partition coefficient (Wildman–Crippen LogP) is 2.22. The molecule has 1 amide bonds. The van der Waals surface area contributed by atoms with Crippen LogP contribution in [0.5, 0.6) is 0 Å². The van der Waals surface area contributed by atoms with E-state index in [4.69, 9.17) is 0 Å². The molecule has 0 spiro atoms. The van der Waals surface area contributed by atoms with Gasteiger partial charge in [-0.15, -0.1) is 0 Å². The number of amides is 1. The lowest BCUT2D eigenvalue weighted by atomic mass is 10.3. The van der Waals surface area contributed by atoms with E-state index in [1.165, 1.54) is 0 Å². The molecule has 10 heteroatoms. The quantitative estimate of drug-likeness (QED) is 0.810. The van der Waals surface area contributed by atoms with Gasteiger partial charge in [0.2, 0.25) is 0 Å². The number of alkyl halides is 3. The van der Waals surface area contributed by atoms with E-state index in [1.54, 1.807) is 17.1 Å². The summed E-state index contributed by atoms with van der Waals surface area (Å²) in [4.78, 5) is 11.8. The number of hydrogen-bond donors (Lipinski definition) is 1. The van der Waals surface area contributed by atoms with E-state index in [9.17, 15) is 18.0 Å². The third-order valence-electron chi connectivity index (χ3n) is 2.85. The summed E-state index contributed by atoms with van der Waals surface area (Å²) in [6.07, 6.45) is -0.506. The van der Waals surface area contributed by atoms with Crippen LogP contribution in [0.2, 0.25) is 0 Å². The number of rotatable bonds is 5. The van der Waals surface area contributed by atoms with E-state index in [2.05, 4.69) is 31.4 Å². The van der Waals surface area contributed by atoms with Crippen LogP contribution < -0.4 is 5.32 Å². The lowest BCUT2D eigenvalue weighted by Gasteiger charge is -2.04. The van der Waals surface area contributed by atoms with Crippen molar-refractivity contribution in [2.24, 2.45) is 7.05 Å². The first-order valence-corrected chi connectivity index (χ1v) is 7.14. The Morgan fingerprint density at radius 3 is 2.73 bits per heavy atom. The minimum Gasteiger partial charge on any atom is -0.351 e. The molecule has 0 aliphatic rings. The molecule has 2 aromatic heterocycles. The van der Waals surface area contributed by atoms with Crippen molar-refractivity contribution in [3.63, 3.8) is 0 Å². The van der Waals surface area contributed by atoms with Crippen molar-refractivity contribution in [1.29, 1.82) is 0 Å². The van der Waals surface area contributed by atoms with Gasteiger partial charge in [0.1, 0.15) is 5.69 Å². The zero-order valence-electron chi connectivity index (χ0n) is 11.6. The first kappa shape index (κ1) is 16.5. The number of nitrogens with zero attached hydrogens (tertiary/aromatic N) is 4. The molecule has 0 fully saturated rings. The van der Waals surface area contributed by atoms with Crippen LogP contribution in [0, 0.1) is 0 Å². The van der Waals surface area contributed by atoms with E-state index in [0.29, 0.717) is 24.2 Å². The van der Waals surface area contributed by atoms with Crippen LogP contribution in [0.25, 0.3) is 0 Å². The highest BCUT2D eigenvalue weighted by Crippen LogP contribution is 2.29. The van der Waals surface area contributed by atoms with Gasteiger partial charge in [-0.2, -0.15) is 23.4 Å². The summed E-state index contributed by atoms with van der Waals surface area (Å²) >= 11 is 3.26. The molecule has 0 atom stereocenters. The highest BCUT2D eigenvalue weighted by atomic mass is 79.9. The van der Waals surface area contributed by atoms with Gasteiger partial charge in [-0.3, -0.25) is 14.2 Å². The number of aryl methyl sites for hydroxylation is 2. The van der Waals surface area contributed by atoms with Gasteiger partial charge < -0.3 is 5.32 Å². The third-order valence-corrected chi connectivity index (χ3v) is 3.26. The number of aromatic nitrogens is 4. The van der Waals surface area contributed by atoms with Gasteiger partial charge in [0.25, 0.3) is 5.91 Å². The number of carbonyl (C=O) groups excluding carboxylic acids is 1. The fourth-order valence-electron chi connectivity index (χ4n) is 1.84. The summed E-state index contributed by atoms with van der Waals surface area (Å²) < 4.78 is 41.0. The third kappa shape index (κ3) is 4.09. The maximum absolute atomic E-state index is 12.6. The van der Waals surface area contributed by atoms with Crippen molar-refractivity contribution < 1.29 is 18.0 Å². The molecule has 0 aliphatic carbocycles. The lowest BCUT2D eigenvalue weighted by Crippen LogP contribution is -2.25. The minimum absolute atomic E-state index is 0.253. The Bertz CT molecular complexity index is 664. The van der Waals surface area contributed by atoms with Gasteiger partial charge in [0.15, 0.2) is 5.69 Å². The van der Waals surface area contributed by atoms with Gasteiger partial charge >= 0.3 is 6.18 Å². The number of halogens is 4. The fraction of sp³-hybridized carbons (Fsp3) is 0.417. The molecule has 0 aromatic carbocycles. The molecular formula is C12H13BrF3N5O. The molecule has 0 radical (unpaired) electrons. The lowest BCUT2D eigenvalue weighted by molar-refractivity contribution is -0.143. The summed E-state index contributed by atoms with van der Waals surface area (Å²) in [5.74, 6) is -0.632. The van der Waals surface area contributed by atoms with Crippen molar-refractivity contribution in [2.45, 2.75) is 19.1 Å². The molecule has 2 rings (SSSR count). The Balaban J connectivity index is 1.85. The molecule has 2 heterocycles. The van der Waals surface area contributed by atoms with Crippen LogP contribution in [0.1, 0.15) is 22.6 Å². The molecule has 0 saturated carbocycles. The maximum atomic E-state index is 12.6. The Morgan fingerprint density at radius 1 is 1.45 bits per heavy atom. The van der Waals surface area contributed by atoms with Crippen LogP contribution in [0.15, 0.2) is 22.9 Å². The number of hydrogen-bond acceptors (Lipinski definition) is 3. The zero-order chi connectivity index (χ0) is 16.3. The zero-order valence-corrected chi connectivity index (χ0v) is 13.1. The Morgan fingerprint density at radius 2 is 2.18 bits per heavy atom. The standard InChI is InChI=1S/C12H13BrF3N5O/c1-20-10(12(14,15)16)5-9(19-20)11(22)17-3-2-4-21-7-8(13)6-18-21/h5-7H,2-4H2,1H3,(H,17,22). The van der Waals surface area contributed by atoms with Gasteiger partial charge in [0, 0.05) is 32.4 Å². The molecule has 0 saturated heterocycles. The molecule has 2 aromatic rings. The largest absolute Gasteiger partial charge is 0.433 e. The van der Waals surface area contributed by atoms with Crippen LogP contribution >= 0.6 is 15.9 Å². The first-order valence-electron chi connectivity index (χ1n) is 6.35. The van der Waals surface area contributed by atoms with Crippen molar-refractivity contribution in [3.05, 3.63) is 34.3 Å². The fourth-order valence-corrected chi connectivity index (χ4v) is 2.17. The average Bonchev–Trinajstić information content (AvgIpc) is 3.00. The predicted molar refractivity (Wildman–Crippen MR) is 75.1 cm³/mol. The van der Waals surface area contributed by atoms with E-state index in [0.717, 1.165) is 17.6 Å². The molecule has 1 N–H and O–H groups in total. The van der Waals surface area contributed by atoms with Crippen molar-refractivity contribution in [3.8, 4) is 0 Å². The van der Waals surface area contributed by atoms with Gasteiger partial charge in [-0.1, -0.05) is 0 Å². The Labute approximate surface area is 132 Å². The minimum atomic E-state index is -4.53. The Hall–Kier alpha value is -1.84. The highest BCUT2D eigenvalue weighted by molar-refractivity contribution is 9.10. The highest BCUT2D eigenvalue weighted by Gasteiger charge is 2.35. The van der Waals surface area contributed by atoms with Crippen LogP contribution in [-0.4, -0.2) is 32.0 Å². The second kappa shape index (κ2) is 6.51. The summed E-state index contributed by atoms with van der Waals surface area (Å²) in [5.41, 5.74) is -1.21. The SMILES string of the molecule is Cn1nc(C(=O)NCCCn2cc(Br)cn2)cc1C(F)(F)F. The normalized spacial score (nSPS) is 11.7. The van der Waals surface area contributed by atoms with Crippen LogP contribution in [0.3, 0.4) is 0 Å².